The van der Waals surface area contributed by atoms with Gasteiger partial charge in [0.25, 0.3) is 11.8 Å². The lowest BCUT2D eigenvalue weighted by molar-refractivity contribution is -0.129. The van der Waals surface area contributed by atoms with Crippen molar-refractivity contribution >= 4 is 46.5 Å². The highest BCUT2D eigenvalue weighted by molar-refractivity contribution is 14.1. The first-order valence-corrected chi connectivity index (χ1v) is 7.23. The summed E-state index contributed by atoms with van der Waals surface area (Å²) in [4.78, 5) is 36.1. The predicted octanol–water partition coefficient (Wildman–Crippen LogP) is 1.40. The minimum atomic E-state index is -0.742. The fourth-order valence-corrected chi connectivity index (χ4v) is 2.78. The van der Waals surface area contributed by atoms with Crippen LogP contribution in [-0.4, -0.2) is 44.0 Å². The Hall–Kier alpha value is -2.10. The summed E-state index contributed by atoms with van der Waals surface area (Å²) in [6.45, 7) is 0. The normalized spacial score (nSPS) is 16.8. The Bertz CT molecular complexity index is 699. The van der Waals surface area contributed by atoms with Crippen LogP contribution in [0.5, 0.6) is 11.5 Å². The second-order valence-corrected chi connectivity index (χ2v) is 5.58. The average molecular weight is 416 g/mol. The number of nitrogens with one attached hydrogen (secondary N) is 1. The van der Waals surface area contributed by atoms with Gasteiger partial charge in [-0.15, -0.1) is 0 Å². The molecular formula is C14H13IN2O5. The Morgan fingerprint density at radius 1 is 1.18 bits per heavy atom. The first-order chi connectivity index (χ1) is 10.4. The molecule has 7 nitrogen and oxygen atoms in total. The molecule has 0 saturated carbocycles. The Kier molecular flexibility index (Phi) is 4.69. The maximum atomic E-state index is 12.0. The number of benzene rings is 1. The van der Waals surface area contributed by atoms with Gasteiger partial charge >= 0.3 is 6.03 Å². The molecule has 22 heavy (non-hydrogen) atoms. The summed E-state index contributed by atoms with van der Waals surface area (Å²) in [6.07, 6.45) is 1.41. The lowest BCUT2D eigenvalue weighted by atomic mass is 10.1. The third-order valence-corrected chi connectivity index (χ3v) is 3.87. The molecule has 8 heteroatoms. The highest BCUT2D eigenvalue weighted by atomic mass is 127. The van der Waals surface area contributed by atoms with Crippen LogP contribution in [0.1, 0.15) is 5.56 Å². The zero-order valence-corrected chi connectivity index (χ0v) is 14.3. The van der Waals surface area contributed by atoms with Gasteiger partial charge in [0.1, 0.15) is 5.57 Å². The first-order valence-electron chi connectivity index (χ1n) is 6.15. The van der Waals surface area contributed by atoms with Gasteiger partial charge in [0.15, 0.2) is 11.5 Å². The van der Waals surface area contributed by atoms with Gasteiger partial charge in [0.2, 0.25) is 0 Å². The van der Waals surface area contributed by atoms with Crippen LogP contribution in [0.2, 0.25) is 0 Å². The van der Waals surface area contributed by atoms with Crippen molar-refractivity contribution < 1.29 is 23.9 Å². The van der Waals surface area contributed by atoms with E-state index in [0.717, 1.165) is 8.47 Å². The highest BCUT2D eigenvalue weighted by Gasteiger charge is 2.33. The molecule has 0 unspecified atom stereocenters. The van der Waals surface area contributed by atoms with E-state index in [4.69, 9.17) is 9.47 Å². The Labute approximate surface area is 140 Å². The van der Waals surface area contributed by atoms with Gasteiger partial charge in [-0.1, -0.05) is 0 Å². The molecule has 2 rings (SSSR count). The van der Waals surface area contributed by atoms with E-state index in [-0.39, 0.29) is 5.57 Å². The van der Waals surface area contributed by atoms with E-state index in [9.17, 15) is 14.4 Å². The summed E-state index contributed by atoms with van der Waals surface area (Å²) in [5.41, 5.74) is 0.466. The molecule has 1 aromatic rings. The summed E-state index contributed by atoms with van der Waals surface area (Å²) in [5, 5.41) is 2.10. The number of rotatable bonds is 3. The maximum Gasteiger partial charge on any atom is 0.331 e. The summed E-state index contributed by atoms with van der Waals surface area (Å²) < 4.78 is 11.2. The van der Waals surface area contributed by atoms with Crippen LogP contribution in [0.15, 0.2) is 17.7 Å². The minimum absolute atomic E-state index is 0.120. The number of halogens is 1. The second-order valence-electron chi connectivity index (χ2n) is 4.42. The second kappa shape index (κ2) is 6.34. The van der Waals surface area contributed by atoms with Crippen molar-refractivity contribution in [3.05, 3.63) is 26.8 Å². The molecule has 1 aliphatic heterocycles. The van der Waals surface area contributed by atoms with Crippen molar-refractivity contribution in [3.8, 4) is 11.5 Å². The average Bonchev–Trinajstić information content (AvgIpc) is 2.48. The molecule has 0 spiro atoms. The Morgan fingerprint density at radius 2 is 1.86 bits per heavy atom. The molecular weight excluding hydrogens is 403 g/mol. The fourth-order valence-electron chi connectivity index (χ4n) is 1.93. The molecule has 0 aliphatic carbocycles. The SMILES string of the molecule is COc1cc(C=C2C(=O)NC(=O)N(C)C2=O)cc(I)c1OC. The van der Waals surface area contributed by atoms with Crippen LogP contribution < -0.4 is 14.8 Å². The first kappa shape index (κ1) is 16.3. The fraction of sp³-hybridized carbons (Fsp3) is 0.214. The van der Waals surface area contributed by atoms with E-state index >= 15 is 0 Å². The topological polar surface area (TPSA) is 84.9 Å². The maximum absolute atomic E-state index is 12.0. The summed E-state index contributed by atoms with van der Waals surface area (Å²) in [5.74, 6) is -0.331. The quantitative estimate of drug-likeness (QED) is 0.458. The number of methoxy groups -OCH3 is 2. The molecule has 1 N–H and O–H groups in total. The highest BCUT2D eigenvalue weighted by Crippen LogP contribution is 2.34. The number of likely N-dealkylation sites (N-methyl/N-ethyl adjacent to an activating group) is 1. The lowest BCUT2D eigenvalue weighted by Gasteiger charge is -2.22. The third kappa shape index (κ3) is 2.91. The molecule has 1 fully saturated rings. The van der Waals surface area contributed by atoms with Crippen LogP contribution in [-0.2, 0) is 9.59 Å². The van der Waals surface area contributed by atoms with Crippen molar-refractivity contribution in [2.24, 2.45) is 0 Å². The van der Waals surface area contributed by atoms with Crippen LogP contribution in [0.3, 0.4) is 0 Å². The van der Waals surface area contributed by atoms with Crippen LogP contribution >= 0.6 is 22.6 Å². The summed E-state index contributed by atoms with van der Waals surface area (Å²) >= 11 is 2.06. The van der Waals surface area contributed by atoms with Gasteiger partial charge in [0, 0.05) is 7.05 Å². The van der Waals surface area contributed by atoms with Crippen molar-refractivity contribution in [2.45, 2.75) is 0 Å². The molecule has 1 aliphatic rings. The van der Waals surface area contributed by atoms with Gasteiger partial charge in [-0.3, -0.25) is 19.8 Å². The van der Waals surface area contributed by atoms with E-state index in [0.29, 0.717) is 17.1 Å². The van der Waals surface area contributed by atoms with Crippen LogP contribution in [0.4, 0.5) is 4.79 Å². The Morgan fingerprint density at radius 3 is 2.45 bits per heavy atom. The van der Waals surface area contributed by atoms with Gasteiger partial charge < -0.3 is 9.47 Å². The molecule has 4 amide bonds. The smallest absolute Gasteiger partial charge is 0.331 e. The van der Waals surface area contributed by atoms with Crippen molar-refractivity contribution in [1.82, 2.24) is 10.2 Å². The van der Waals surface area contributed by atoms with Crippen molar-refractivity contribution in [1.29, 1.82) is 0 Å². The number of imide groups is 2. The monoisotopic (exact) mass is 416 g/mol. The van der Waals surface area contributed by atoms with Gasteiger partial charge in [-0.05, 0) is 46.4 Å². The van der Waals surface area contributed by atoms with E-state index in [1.165, 1.54) is 27.3 Å². The van der Waals surface area contributed by atoms with Crippen LogP contribution in [0.25, 0.3) is 6.08 Å². The van der Waals surface area contributed by atoms with E-state index in [1.807, 2.05) is 0 Å². The standard InChI is InChI=1S/C14H13IN2O5/c1-17-13(19)8(12(18)16-14(17)20)4-7-5-9(15)11(22-3)10(6-7)21-2/h4-6H,1-3H3,(H,16,18,20). The molecule has 1 saturated heterocycles. The molecule has 0 bridgehead atoms. The van der Waals surface area contributed by atoms with Crippen LogP contribution in [0, 0.1) is 3.57 Å². The largest absolute Gasteiger partial charge is 0.493 e. The number of hydrogen-bond acceptors (Lipinski definition) is 5. The number of urea groups is 1. The van der Waals surface area contributed by atoms with Gasteiger partial charge in [-0.2, -0.15) is 0 Å². The number of nitrogens with zero attached hydrogens (tertiary/aromatic N) is 1. The third-order valence-electron chi connectivity index (χ3n) is 3.07. The number of ether oxygens (including phenoxy) is 2. The molecule has 0 radical (unpaired) electrons. The minimum Gasteiger partial charge on any atom is -0.493 e. The molecule has 0 aromatic heterocycles. The van der Waals surface area contributed by atoms with Gasteiger partial charge in [0.05, 0.1) is 17.8 Å². The molecule has 116 valence electrons. The summed E-state index contributed by atoms with van der Waals surface area (Å²) in [7, 11) is 4.32. The van der Waals surface area contributed by atoms with E-state index in [1.54, 1.807) is 12.1 Å². The predicted molar refractivity (Wildman–Crippen MR) is 86.5 cm³/mol. The summed E-state index contributed by atoms with van der Waals surface area (Å²) in [6, 6.07) is 2.64. The van der Waals surface area contributed by atoms with Crippen molar-refractivity contribution in [3.63, 3.8) is 0 Å². The number of carbonyl (C=O) groups is 3. The molecule has 1 aromatic carbocycles. The van der Waals surface area contributed by atoms with E-state index in [2.05, 4.69) is 27.9 Å². The Balaban J connectivity index is 2.48. The molecule has 1 heterocycles. The zero-order valence-electron chi connectivity index (χ0n) is 12.1. The number of hydrogen-bond donors (Lipinski definition) is 1. The van der Waals surface area contributed by atoms with Crippen molar-refractivity contribution in [2.75, 3.05) is 21.3 Å². The lowest BCUT2D eigenvalue weighted by Crippen LogP contribution is -2.52. The number of barbiturate groups is 1. The number of carbonyl (C=O) groups excluding carboxylic acids is 3. The van der Waals surface area contributed by atoms with E-state index < -0.39 is 17.8 Å². The van der Waals surface area contributed by atoms with Gasteiger partial charge in [-0.25, -0.2) is 4.79 Å². The number of amides is 4. The molecule has 0 atom stereocenters. The zero-order chi connectivity index (χ0) is 16.4.